The highest BCUT2D eigenvalue weighted by atomic mass is 16.5. The Morgan fingerprint density at radius 1 is 1.17 bits per heavy atom. The van der Waals surface area contributed by atoms with E-state index in [4.69, 9.17) is 10.1 Å². The van der Waals surface area contributed by atoms with Gasteiger partial charge in [-0.15, -0.1) is 11.7 Å². The first-order valence-electron chi connectivity index (χ1n) is 19.2. The SMILES string of the molecule is C=C[C@@]1(C)CC(C)C2CCC(=O)C2[C@@](C)(C(C)CC)C(OC(=O)Cn2cc(-c3ccc(C(C)n4cnc(C(=N)N5CCNCC5)c4C)cc3)nn2)C1. The van der Waals surface area contributed by atoms with Crippen LogP contribution in [0.3, 0.4) is 0 Å². The molecule has 52 heavy (non-hydrogen) atoms. The van der Waals surface area contributed by atoms with Gasteiger partial charge in [0.25, 0.3) is 0 Å². The molecule has 1 aliphatic heterocycles. The highest BCUT2D eigenvalue weighted by Gasteiger charge is 2.58. The number of imidazole rings is 1. The van der Waals surface area contributed by atoms with E-state index in [0.717, 1.165) is 68.0 Å². The van der Waals surface area contributed by atoms with Gasteiger partial charge in [0.2, 0.25) is 0 Å². The number of piperazine rings is 1. The van der Waals surface area contributed by atoms with Crippen LogP contribution in [0.5, 0.6) is 0 Å². The predicted molar refractivity (Wildman–Crippen MR) is 203 cm³/mol. The quantitative estimate of drug-likeness (QED) is 0.106. The molecule has 3 aliphatic rings. The summed E-state index contributed by atoms with van der Waals surface area (Å²) < 4.78 is 10.1. The predicted octanol–water partition coefficient (Wildman–Crippen LogP) is 6.47. The summed E-state index contributed by atoms with van der Waals surface area (Å²) in [5, 5.41) is 20.8. The highest BCUT2D eigenvalue weighted by Crippen LogP contribution is 2.57. The molecule has 1 aromatic carbocycles. The fourth-order valence-corrected chi connectivity index (χ4v) is 9.52. The summed E-state index contributed by atoms with van der Waals surface area (Å²) in [6.45, 7) is 22.7. The number of nitrogens with one attached hydrogen (secondary N) is 2. The van der Waals surface area contributed by atoms with Crippen LogP contribution in [-0.2, 0) is 20.9 Å². The normalized spacial score (nSPS) is 29.1. The van der Waals surface area contributed by atoms with Gasteiger partial charge in [0.1, 0.15) is 35.7 Å². The number of benzene rings is 1. The maximum Gasteiger partial charge on any atom is 0.328 e. The number of allylic oxidation sites excluding steroid dienone is 1. The van der Waals surface area contributed by atoms with Crippen LogP contribution in [0, 0.1) is 46.8 Å². The maximum absolute atomic E-state index is 13.7. The Morgan fingerprint density at radius 2 is 1.88 bits per heavy atom. The van der Waals surface area contributed by atoms with Gasteiger partial charge in [0, 0.05) is 55.2 Å². The molecule has 1 saturated heterocycles. The minimum Gasteiger partial charge on any atom is -0.460 e. The van der Waals surface area contributed by atoms with E-state index in [1.165, 1.54) is 0 Å². The molecule has 0 radical (unpaired) electrons. The number of esters is 1. The molecule has 3 aromatic rings. The molecule has 0 amide bonds. The molecule has 6 unspecified atom stereocenters. The van der Waals surface area contributed by atoms with Crippen molar-refractivity contribution in [1.82, 2.24) is 34.8 Å². The van der Waals surface area contributed by atoms with Crippen LogP contribution in [0.1, 0.15) is 96.6 Å². The van der Waals surface area contributed by atoms with E-state index in [0.29, 0.717) is 36.1 Å². The summed E-state index contributed by atoms with van der Waals surface area (Å²) in [4.78, 5) is 34.0. The highest BCUT2D eigenvalue weighted by molar-refractivity contribution is 5.95. The summed E-state index contributed by atoms with van der Waals surface area (Å²) in [5.74, 6) is 1.15. The van der Waals surface area contributed by atoms with Gasteiger partial charge in [-0.3, -0.25) is 15.0 Å². The number of ether oxygens (including phenoxy) is 1. The van der Waals surface area contributed by atoms with Gasteiger partial charge in [-0.1, -0.05) is 76.6 Å². The summed E-state index contributed by atoms with van der Waals surface area (Å²) in [7, 11) is 0. The fourth-order valence-electron chi connectivity index (χ4n) is 9.52. The number of rotatable bonds is 10. The maximum atomic E-state index is 13.7. The van der Waals surface area contributed by atoms with Gasteiger partial charge >= 0.3 is 5.97 Å². The summed E-state index contributed by atoms with van der Waals surface area (Å²) >= 11 is 0. The Labute approximate surface area is 309 Å². The fraction of sp³-hybridized carbons (Fsp3) is 0.610. The molecule has 11 heteroatoms. The van der Waals surface area contributed by atoms with Crippen molar-refractivity contribution in [2.45, 2.75) is 99.3 Å². The zero-order valence-corrected chi connectivity index (χ0v) is 32.2. The number of hydrogen-bond acceptors (Lipinski definition) is 8. The van der Waals surface area contributed by atoms with E-state index >= 15 is 0 Å². The molecule has 3 heterocycles. The van der Waals surface area contributed by atoms with Crippen LogP contribution in [-0.4, -0.2) is 79.3 Å². The van der Waals surface area contributed by atoms with Crippen LogP contribution in [0.4, 0.5) is 0 Å². The van der Waals surface area contributed by atoms with Crippen molar-refractivity contribution < 1.29 is 14.3 Å². The minimum absolute atomic E-state index is 0.0203. The average molecular weight is 711 g/mol. The van der Waals surface area contributed by atoms with Crippen molar-refractivity contribution in [3.8, 4) is 11.3 Å². The molecule has 6 rings (SSSR count). The van der Waals surface area contributed by atoms with E-state index in [-0.39, 0.29) is 41.7 Å². The molecule has 2 aromatic heterocycles. The van der Waals surface area contributed by atoms with Crippen molar-refractivity contribution in [3.05, 3.63) is 66.4 Å². The van der Waals surface area contributed by atoms with Crippen LogP contribution in [0.15, 0.2) is 49.4 Å². The third kappa shape index (κ3) is 7.13. The number of nitrogens with zero attached hydrogens (tertiary/aromatic N) is 6. The summed E-state index contributed by atoms with van der Waals surface area (Å²) in [5.41, 5.74) is 3.65. The Balaban J connectivity index is 1.15. The zero-order valence-electron chi connectivity index (χ0n) is 32.2. The molecule has 11 nitrogen and oxygen atoms in total. The third-order valence-electron chi connectivity index (χ3n) is 13.1. The van der Waals surface area contributed by atoms with E-state index in [9.17, 15) is 9.59 Å². The molecule has 2 aliphatic carbocycles. The first-order chi connectivity index (χ1) is 24.8. The van der Waals surface area contributed by atoms with Gasteiger partial charge in [-0.25, -0.2) is 9.67 Å². The topological polar surface area (TPSA) is 131 Å². The number of aromatic nitrogens is 5. The molecular formula is C41H58N8O3. The van der Waals surface area contributed by atoms with E-state index in [1.54, 1.807) is 10.9 Å². The number of ketones is 1. The molecule has 280 valence electrons. The van der Waals surface area contributed by atoms with E-state index < -0.39 is 11.5 Å². The third-order valence-corrected chi connectivity index (χ3v) is 13.1. The lowest BCUT2D eigenvalue weighted by Crippen LogP contribution is -2.54. The summed E-state index contributed by atoms with van der Waals surface area (Å²) in [6, 6.07) is 8.21. The summed E-state index contributed by atoms with van der Waals surface area (Å²) in [6.07, 6.45) is 9.17. The average Bonchev–Trinajstić information content (AvgIpc) is 3.88. The van der Waals surface area contributed by atoms with E-state index in [1.807, 2.05) is 31.5 Å². The Bertz CT molecular complexity index is 1770. The zero-order chi connectivity index (χ0) is 37.4. The van der Waals surface area contributed by atoms with Crippen molar-refractivity contribution in [2.75, 3.05) is 26.2 Å². The van der Waals surface area contributed by atoms with Crippen LogP contribution >= 0.6 is 0 Å². The van der Waals surface area contributed by atoms with Crippen LogP contribution < -0.4 is 5.32 Å². The molecule has 2 saturated carbocycles. The van der Waals surface area contributed by atoms with Gasteiger partial charge in [-0.05, 0) is 61.8 Å². The van der Waals surface area contributed by atoms with Crippen LogP contribution in [0.2, 0.25) is 0 Å². The largest absolute Gasteiger partial charge is 0.460 e. The molecule has 8 atom stereocenters. The number of amidine groups is 1. The first-order valence-corrected chi connectivity index (χ1v) is 19.2. The van der Waals surface area contributed by atoms with Gasteiger partial charge in [0.05, 0.1) is 18.6 Å². The number of fused-ring (bicyclic) bond motifs is 1. The monoisotopic (exact) mass is 710 g/mol. The van der Waals surface area contributed by atoms with Crippen molar-refractivity contribution in [1.29, 1.82) is 5.41 Å². The smallest absolute Gasteiger partial charge is 0.328 e. The lowest BCUT2D eigenvalue weighted by molar-refractivity contribution is -0.174. The second-order valence-corrected chi connectivity index (χ2v) is 16.3. The second-order valence-electron chi connectivity index (χ2n) is 16.3. The van der Waals surface area contributed by atoms with Gasteiger partial charge in [0.15, 0.2) is 0 Å². The number of carbonyl (C=O) groups excluding carboxylic acids is 2. The Hall–Kier alpha value is -4.12. The molecule has 3 fully saturated rings. The Kier molecular flexibility index (Phi) is 10.9. The standard InChI is InChI=1S/C41H58N8O3/c1-9-27(4)41(8)35(22-40(7,10-2)21-26(3)32-15-16-34(50)37(32)41)52-36(51)24-48-23-33(45-46-48)31-13-11-30(12-14-31)28(5)49-25-44-38(29(49)6)39(42)47-19-17-43-18-20-47/h10-14,23,25-28,32,35,37,42-43H,2,9,15-22,24H2,1,3-8H3/t26?,27?,28?,32?,35?,37?,40-,41-/m0/s1. The molecule has 2 N–H and O–H groups in total. The molecular weight excluding hydrogens is 653 g/mol. The van der Waals surface area contributed by atoms with Gasteiger partial charge < -0.3 is 19.5 Å². The molecule has 0 bridgehead atoms. The minimum atomic E-state index is -0.488. The second kappa shape index (κ2) is 15.1. The Morgan fingerprint density at radius 3 is 2.56 bits per heavy atom. The van der Waals surface area contributed by atoms with Gasteiger partial charge in [-0.2, -0.15) is 0 Å². The molecule has 0 spiro atoms. The van der Waals surface area contributed by atoms with E-state index in [2.05, 4.69) is 90.3 Å². The lowest BCUT2D eigenvalue weighted by atomic mass is 9.54. The first kappa shape index (κ1) is 37.6. The number of hydrogen-bond donors (Lipinski definition) is 2. The number of Topliss-reactive ketones (excluding diaryl/α,β-unsaturated/α-hetero) is 1. The number of carbonyl (C=O) groups is 2. The van der Waals surface area contributed by atoms with Crippen molar-refractivity contribution >= 4 is 17.6 Å². The lowest BCUT2D eigenvalue weighted by Gasteiger charge is -2.52. The van der Waals surface area contributed by atoms with Crippen LogP contribution in [0.25, 0.3) is 11.3 Å². The van der Waals surface area contributed by atoms with Crippen molar-refractivity contribution in [3.63, 3.8) is 0 Å². The van der Waals surface area contributed by atoms with Crippen molar-refractivity contribution in [2.24, 2.45) is 34.5 Å².